The summed E-state index contributed by atoms with van der Waals surface area (Å²) in [7, 11) is 0. The Balaban J connectivity index is 1.81. The van der Waals surface area contributed by atoms with Crippen molar-refractivity contribution >= 4 is 11.6 Å². The predicted molar refractivity (Wildman–Crippen MR) is 107 cm³/mol. The van der Waals surface area contributed by atoms with Crippen LogP contribution in [0.3, 0.4) is 0 Å². The molecule has 0 heterocycles. The standard InChI is InChI=1S/C23H21F3N2O/c1-14-8-10-17(11-9-14)22(16-6-4-3-5-7-16)27-15(2)23(29)28-19-13-12-18(24)20(25)21(19)26/h3-13,15,22,27H,1-2H3,(H,28,29)/t15-,22+/m1/s1. The third kappa shape index (κ3) is 4.84. The molecule has 0 aromatic heterocycles. The van der Waals surface area contributed by atoms with E-state index in [1.165, 1.54) is 0 Å². The minimum Gasteiger partial charge on any atom is -0.322 e. The van der Waals surface area contributed by atoms with Crippen LogP contribution in [0.5, 0.6) is 0 Å². The number of carbonyl (C=O) groups is 1. The molecule has 2 atom stereocenters. The second kappa shape index (κ2) is 8.92. The molecule has 3 nitrogen and oxygen atoms in total. The number of amides is 1. The van der Waals surface area contributed by atoms with Crippen molar-refractivity contribution in [3.63, 3.8) is 0 Å². The largest absolute Gasteiger partial charge is 0.322 e. The minimum absolute atomic E-state index is 0.285. The SMILES string of the molecule is Cc1ccc([C@@H](N[C@H](C)C(=O)Nc2ccc(F)c(F)c2F)c2ccccc2)cc1. The number of anilines is 1. The molecule has 29 heavy (non-hydrogen) atoms. The van der Waals surface area contributed by atoms with E-state index in [-0.39, 0.29) is 6.04 Å². The van der Waals surface area contributed by atoms with E-state index in [1.54, 1.807) is 6.92 Å². The molecule has 3 aromatic rings. The van der Waals surface area contributed by atoms with Crippen LogP contribution in [0.1, 0.15) is 29.7 Å². The molecule has 6 heteroatoms. The highest BCUT2D eigenvalue weighted by molar-refractivity contribution is 5.94. The summed E-state index contributed by atoms with van der Waals surface area (Å²) in [5.41, 5.74) is 2.62. The minimum atomic E-state index is -1.62. The average Bonchev–Trinajstić information content (AvgIpc) is 2.73. The molecule has 0 radical (unpaired) electrons. The van der Waals surface area contributed by atoms with Gasteiger partial charge in [0.2, 0.25) is 5.91 Å². The Morgan fingerprint density at radius 1 is 0.828 bits per heavy atom. The molecule has 0 fully saturated rings. The lowest BCUT2D eigenvalue weighted by molar-refractivity contribution is -0.117. The first kappa shape index (κ1) is 20.6. The molecule has 150 valence electrons. The van der Waals surface area contributed by atoms with Crippen molar-refractivity contribution in [1.82, 2.24) is 5.32 Å². The van der Waals surface area contributed by atoms with Gasteiger partial charge in [0, 0.05) is 0 Å². The van der Waals surface area contributed by atoms with Crippen LogP contribution in [0, 0.1) is 24.4 Å². The summed E-state index contributed by atoms with van der Waals surface area (Å²) in [6.07, 6.45) is 0. The van der Waals surface area contributed by atoms with Gasteiger partial charge in [0.25, 0.3) is 0 Å². The van der Waals surface area contributed by atoms with Crippen LogP contribution in [0.2, 0.25) is 0 Å². The van der Waals surface area contributed by atoms with Crippen LogP contribution in [-0.2, 0) is 4.79 Å². The Morgan fingerprint density at radius 3 is 2.10 bits per heavy atom. The molecule has 0 saturated heterocycles. The second-order valence-corrected chi connectivity index (χ2v) is 6.85. The highest BCUT2D eigenvalue weighted by Crippen LogP contribution is 2.24. The summed E-state index contributed by atoms with van der Waals surface area (Å²) in [6, 6.07) is 18.2. The van der Waals surface area contributed by atoms with E-state index >= 15 is 0 Å². The van der Waals surface area contributed by atoms with Gasteiger partial charge in [0.15, 0.2) is 17.5 Å². The molecule has 0 aliphatic carbocycles. The Labute approximate surface area is 167 Å². The Bertz CT molecular complexity index is 991. The number of halogens is 3. The van der Waals surface area contributed by atoms with Crippen LogP contribution in [0.4, 0.5) is 18.9 Å². The number of hydrogen-bond acceptors (Lipinski definition) is 2. The van der Waals surface area contributed by atoms with Crippen LogP contribution in [-0.4, -0.2) is 11.9 Å². The zero-order valence-electron chi connectivity index (χ0n) is 16.0. The molecular weight excluding hydrogens is 377 g/mol. The predicted octanol–water partition coefficient (Wildman–Crippen LogP) is 5.12. The maximum Gasteiger partial charge on any atom is 0.241 e. The lowest BCUT2D eigenvalue weighted by atomic mass is 9.97. The van der Waals surface area contributed by atoms with Gasteiger partial charge in [-0.1, -0.05) is 60.2 Å². The lowest BCUT2D eigenvalue weighted by Gasteiger charge is -2.24. The van der Waals surface area contributed by atoms with E-state index in [1.807, 2.05) is 61.5 Å². The molecule has 0 aliphatic rings. The van der Waals surface area contributed by atoms with E-state index in [2.05, 4.69) is 10.6 Å². The van der Waals surface area contributed by atoms with E-state index in [0.29, 0.717) is 0 Å². The van der Waals surface area contributed by atoms with Gasteiger partial charge in [0.05, 0.1) is 17.8 Å². The fourth-order valence-electron chi connectivity index (χ4n) is 2.98. The van der Waals surface area contributed by atoms with Crippen molar-refractivity contribution < 1.29 is 18.0 Å². The number of aryl methyl sites for hydroxylation is 1. The summed E-state index contributed by atoms with van der Waals surface area (Å²) >= 11 is 0. The maximum atomic E-state index is 13.9. The van der Waals surface area contributed by atoms with E-state index < -0.39 is 35.1 Å². The normalized spacial score (nSPS) is 13.0. The quantitative estimate of drug-likeness (QED) is 0.566. The fraction of sp³-hybridized carbons (Fsp3) is 0.174. The number of carbonyl (C=O) groups excluding carboxylic acids is 1. The molecule has 0 spiro atoms. The molecule has 1 amide bonds. The van der Waals surface area contributed by atoms with Gasteiger partial charge in [0.1, 0.15) is 0 Å². The molecule has 0 saturated carbocycles. The van der Waals surface area contributed by atoms with Gasteiger partial charge < -0.3 is 5.32 Å². The zero-order chi connectivity index (χ0) is 21.0. The molecule has 0 aliphatic heterocycles. The molecule has 0 unspecified atom stereocenters. The van der Waals surface area contributed by atoms with Crippen molar-refractivity contribution in [2.45, 2.75) is 25.9 Å². The van der Waals surface area contributed by atoms with Crippen molar-refractivity contribution in [2.24, 2.45) is 0 Å². The highest BCUT2D eigenvalue weighted by atomic mass is 19.2. The number of nitrogens with one attached hydrogen (secondary N) is 2. The van der Waals surface area contributed by atoms with Gasteiger partial charge in [-0.3, -0.25) is 10.1 Å². The summed E-state index contributed by atoms with van der Waals surface area (Å²) in [5, 5.41) is 5.54. The van der Waals surface area contributed by atoms with Crippen LogP contribution >= 0.6 is 0 Å². The van der Waals surface area contributed by atoms with Gasteiger partial charge in [-0.05, 0) is 37.1 Å². The monoisotopic (exact) mass is 398 g/mol. The zero-order valence-corrected chi connectivity index (χ0v) is 16.0. The highest BCUT2D eigenvalue weighted by Gasteiger charge is 2.22. The van der Waals surface area contributed by atoms with E-state index in [4.69, 9.17) is 0 Å². The molecule has 0 bridgehead atoms. The molecular formula is C23H21F3N2O. The first-order chi connectivity index (χ1) is 13.9. The molecule has 2 N–H and O–H groups in total. The van der Waals surface area contributed by atoms with Crippen LogP contribution in [0.15, 0.2) is 66.7 Å². The summed E-state index contributed by atoms with van der Waals surface area (Å²) in [6.45, 7) is 3.61. The van der Waals surface area contributed by atoms with Crippen molar-refractivity contribution in [3.8, 4) is 0 Å². The third-order valence-electron chi connectivity index (χ3n) is 4.65. The topological polar surface area (TPSA) is 41.1 Å². The Morgan fingerprint density at radius 2 is 1.45 bits per heavy atom. The first-order valence-electron chi connectivity index (χ1n) is 9.18. The average molecular weight is 398 g/mol. The second-order valence-electron chi connectivity index (χ2n) is 6.85. The smallest absolute Gasteiger partial charge is 0.241 e. The maximum absolute atomic E-state index is 13.9. The Hall–Kier alpha value is -3.12. The van der Waals surface area contributed by atoms with Gasteiger partial charge in [-0.15, -0.1) is 0 Å². The summed E-state index contributed by atoms with van der Waals surface area (Å²) in [5.74, 6) is -4.92. The third-order valence-corrected chi connectivity index (χ3v) is 4.65. The number of hydrogen-bond donors (Lipinski definition) is 2. The lowest BCUT2D eigenvalue weighted by Crippen LogP contribution is -2.40. The number of benzene rings is 3. The van der Waals surface area contributed by atoms with Crippen LogP contribution in [0.25, 0.3) is 0 Å². The van der Waals surface area contributed by atoms with Crippen molar-refractivity contribution in [1.29, 1.82) is 0 Å². The van der Waals surface area contributed by atoms with E-state index in [9.17, 15) is 18.0 Å². The summed E-state index contributed by atoms with van der Waals surface area (Å²) < 4.78 is 40.4. The number of rotatable bonds is 6. The van der Waals surface area contributed by atoms with Gasteiger partial charge in [-0.25, -0.2) is 13.2 Å². The van der Waals surface area contributed by atoms with Crippen molar-refractivity contribution in [2.75, 3.05) is 5.32 Å². The Kier molecular flexibility index (Phi) is 6.34. The molecule has 3 rings (SSSR count). The first-order valence-corrected chi connectivity index (χ1v) is 9.18. The van der Waals surface area contributed by atoms with E-state index in [0.717, 1.165) is 28.8 Å². The summed E-state index contributed by atoms with van der Waals surface area (Å²) in [4.78, 5) is 12.6. The van der Waals surface area contributed by atoms with Gasteiger partial charge in [-0.2, -0.15) is 0 Å². The molecule has 3 aromatic carbocycles. The van der Waals surface area contributed by atoms with Gasteiger partial charge >= 0.3 is 0 Å². The van der Waals surface area contributed by atoms with Crippen molar-refractivity contribution in [3.05, 3.63) is 101 Å². The fourth-order valence-corrected chi connectivity index (χ4v) is 2.98. The van der Waals surface area contributed by atoms with Crippen LogP contribution < -0.4 is 10.6 Å².